The van der Waals surface area contributed by atoms with Gasteiger partial charge in [0.1, 0.15) is 0 Å². The summed E-state index contributed by atoms with van der Waals surface area (Å²) in [6.07, 6.45) is 2.91. The quantitative estimate of drug-likeness (QED) is 0.476. The van der Waals surface area contributed by atoms with Crippen molar-refractivity contribution in [1.29, 1.82) is 0 Å². The van der Waals surface area contributed by atoms with Gasteiger partial charge in [0.2, 0.25) is 0 Å². The first kappa shape index (κ1) is 21.9. The zero-order valence-electron chi connectivity index (χ0n) is 17.1. The molecule has 6 heteroatoms. The maximum absolute atomic E-state index is 11.2. The molecule has 0 radical (unpaired) electrons. The van der Waals surface area contributed by atoms with E-state index in [-0.39, 0.29) is 6.09 Å². The van der Waals surface area contributed by atoms with Gasteiger partial charge < -0.3 is 15.0 Å². The van der Waals surface area contributed by atoms with Gasteiger partial charge in [0.25, 0.3) is 0 Å². The topological polar surface area (TPSA) is 44.8 Å². The lowest BCUT2D eigenvalue weighted by Crippen LogP contribution is -2.46. The van der Waals surface area contributed by atoms with E-state index in [4.69, 9.17) is 4.74 Å². The third-order valence-corrected chi connectivity index (χ3v) is 5.68. The van der Waals surface area contributed by atoms with Crippen molar-refractivity contribution in [1.82, 2.24) is 10.2 Å². The zero-order valence-corrected chi connectivity index (χ0v) is 17.9. The Bertz CT molecular complexity index is 560. The van der Waals surface area contributed by atoms with Gasteiger partial charge >= 0.3 is 6.09 Å². The summed E-state index contributed by atoms with van der Waals surface area (Å²) in [7, 11) is 0. The number of para-hydroxylation sites is 1. The number of carbonyl (C=O) groups excluding carboxylic acids is 1. The number of amides is 1. The van der Waals surface area contributed by atoms with Crippen LogP contribution in [0.15, 0.2) is 29.2 Å². The van der Waals surface area contributed by atoms with Crippen LogP contribution in [0.5, 0.6) is 0 Å². The lowest BCUT2D eigenvalue weighted by Gasteiger charge is -2.37. The fourth-order valence-corrected chi connectivity index (χ4v) is 4.24. The number of hydrogen-bond acceptors (Lipinski definition) is 5. The number of unbranched alkanes of at least 4 members (excludes halogenated alkanes) is 2. The van der Waals surface area contributed by atoms with Gasteiger partial charge in [-0.3, -0.25) is 4.90 Å². The summed E-state index contributed by atoms with van der Waals surface area (Å²) in [5, 5.41) is 3.25. The molecule has 0 aliphatic carbocycles. The Kier molecular flexibility index (Phi) is 9.84. The van der Waals surface area contributed by atoms with E-state index in [0.29, 0.717) is 18.4 Å². The van der Waals surface area contributed by atoms with Crippen molar-refractivity contribution in [2.45, 2.75) is 50.2 Å². The van der Waals surface area contributed by atoms with Crippen LogP contribution in [0, 0.1) is 0 Å². The molecule has 1 aromatic rings. The minimum Gasteiger partial charge on any atom is -0.450 e. The van der Waals surface area contributed by atoms with Crippen molar-refractivity contribution in [2.24, 2.45) is 0 Å². The fraction of sp³-hybridized carbons (Fsp3) is 0.667. The van der Waals surface area contributed by atoms with E-state index in [1.807, 2.05) is 18.7 Å². The van der Waals surface area contributed by atoms with Crippen molar-refractivity contribution < 1.29 is 9.53 Å². The Morgan fingerprint density at radius 2 is 1.89 bits per heavy atom. The van der Waals surface area contributed by atoms with Crippen molar-refractivity contribution >= 4 is 23.5 Å². The van der Waals surface area contributed by atoms with E-state index in [2.05, 4.69) is 53.2 Å². The average Bonchev–Trinajstić information content (AvgIpc) is 2.65. The molecule has 0 saturated carbocycles. The standard InChI is InChI=1S/C21H35N3O2S/c1-4-22-21(25)26-17-9-5-8-12-23-13-15-24(16-14-23)19-10-6-7-11-20(19)27-18(2)3/h6-7,10-11,18H,4-5,8-9,12-17H2,1-3H3,(H,22,25). The molecule has 1 aliphatic heterocycles. The van der Waals surface area contributed by atoms with Crippen molar-refractivity contribution in [3.8, 4) is 0 Å². The fourth-order valence-electron chi connectivity index (χ4n) is 3.26. The molecule has 1 heterocycles. The van der Waals surface area contributed by atoms with E-state index >= 15 is 0 Å². The molecule has 1 fully saturated rings. The summed E-state index contributed by atoms with van der Waals surface area (Å²) >= 11 is 1.95. The van der Waals surface area contributed by atoms with Crippen LogP contribution in [0.2, 0.25) is 0 Å². The minimum absolute atomic E-state index is 0.301. The van der Waals surface area contributed by atoms with Crippen LogP contribution in [-0.2, 0) is 4.74 Å². The molecule has 0 atom stereocenters. The zero-order chi connectivity index (χ0) is 19.5. The van der Waals surface area contributed by atoms with Gasteiger partial charge in [-0.15, -0.1) is 11.8 Å². The number of piperazine rings is 1. The molecular formula is C21H35N3O2S. The van der Waals surface area contributed by atoms with Crippen LogP contribution in [0.4, 0.5) is 10.5 Å². The van der Waals surface area contributed by atoms with Crippen LogP contribution in [0.3, 0.4) is 0 Å². The van der Waals surface area contributed by atoms with Crippen LogP contribution in [-0.4, -0.2) is 62.1 Å². The number of nitrogens with one attached hydrogen (secondary N) is 1. The number of carbonyl (C=O) groups is 1. The van der Waals surface area contributed by atoms with Gasteiger partial charge in [-0.25, -0.2) is 4.79 Å². The predicted octanol–water partition coefficient (Wildman–Crippen LogP) is 4.23. The third kappa shape index (κ3) is 8.01. The van der Waals surface area contributed by atoms with Gasteiger partial charge in [0.15, 0.2) is 0 Å². The highest BCUT2D eigenvalue weighted by Crippen LogP contribution is 2.33. The average molecular weight is 394 g/mol. The largest absolute Gasteiger partial charge is 0.450 e. The van der Waals surface area contributed by atoms with E-state index in [9.17, 15) is 4.79 Å². The Morgan fingerprint density at radius 3 is 2.59 bits per heavy atom. The van der Waals surface area contributed by atoms with Crippen molar-refractivity contribution in [2.75, 3.05) is 50.8 Å². The lowest BCUT2D eigenvalue weighted by molar-refractivity contribution is 0.143. The molecule has 1 aromatic carbocycles. The van der Waals surface area contributed by atoms with E-state index in [1.54, 1.807) is 0 Å². The molecule has 5 nitrogen and oxygen atoms in total. The van der Waals surface area contributed by atoms with E-state index < -0.39 is 0 Å². The molecule has 1 aliphatic rings. The highest BCUT2D eigenvalue weighted by atomic mass is 32.2. The first-order valence-corrected chi connectivity index (χ1v) is 11.1. The van der Waals surface area contributed by atoms with E-state index in [1.165, 1.54) is 17.0 Å². The molecule has 0 unspecified atom stereocenters. The van der Waals surface area contributed by atoms with Crippen LogP contribution < -0.4 is 10.2 Å². The molecular weight excluding hydrogens is 358 g/mol. The maximum atomic E-state index is 11.2. The number of ether oxygens (including phenoxy) is 1. The predicted molar refractivity (Wildman–Crippen MR) is 115 cm³/mol. The van der Waals surface area contributed by atoms with Crippen molar-refractivity contribution in [3.05, 3.63) is 24.3 Å². The summed E-state index contributed by atoms with van der Waals surface area (Å²) in [6, 6.07) is 8.79. The van der Waals surface area contributed by atoms with Gasteiger partial charge in [0, 0.05) is 42.9 Å². The number of nitrogens with zero attached hydrogens (tertiary/aromatic N) is 2. The van der Waals surface area contributed by atoms with Crippen LogP contribution >= 0.6 is 11.8 Å². The van der Waals surface area contributed by atoms with Gasteiger partial charge in [-0.2, -0.15) is 0 Å². The smallest absolute Gasteiger partial charge is 0.407 e. The van der Waals surface area contributed by atoms with Crippen molar-refractivity contribution in [3.63, 3.8) is 0 Å². The third-order valence-electron chi connectivity index (χ3n) is 4.61. The molecule has 2 rings (SSSR count). The molecule has 1 saturated heterocycles. The Hall–Kier alpha value is -1.40. The van der Waals surface area contributed by atoms with Gasteiger partial charge in [-0.05, 0) is 44.9 Å². The number of benzene rings is 1. The molecule has 0 aromatic heterocycles. The second-order valence-corrected chi connectivity index (χ2v) is 8.81. The van der Waals surface area contributed by atoms with Gasteiger partial charge in [-0.1, -0.05) is 26.0 Å². The molecule has 1 amide bonds. The number of anilines is 1. The van der Waals surface area contributed by atoms with Crippen LogP contribution in [0.25, 0.3) is 0 Å². The molecule has 0 spiro atoms. The summed E-state index contributed by atoms with van der Waals surface area (Å²) < 4.78 is 5.10. The number of alkyl carbamates (subject to hydrolysis) is 1. The molecule has 0 bridgehead atoms. The maximum Gasteiger partial charge on any atom is 0.407 e. The first-order valence-electron chi connectivity index (χ1n) is 10.2. The molecule has 152 valence electrons. The van der Waals surface area contributed by atoms with Crippen LogP contribution in [0.1, 0.15) is 40.0 Å². The van der Waals surface area contributed by atoms with Gasteiger partial charge in [0.05, 0.1) is 12.3 Å². The SMILES string of the molecule is CCNC(=O)OCCCCCN1CCN(c2ccccc2SC(C)C)CC1. The number of hydrogen-bond donors (Lipinski definition) is 1. The molecule has 27 heavy (non-hydrogen) atoms. The minimum atomic E-state index is -0.301. The second kappa shape index (κ2) is 12.1. The number of rotatable bonds is 10. The lowest BCUT2D eigenvalue weighted by atomic mass is 10.2. The second-order valence-electron chi connectivity index (χ2n) is 7.19. The monoisotopic (exact) mass is 393 g/mol. The number of thioether (sulfide) groups is 1. The normalized spacial score (nSPS) is 15.2. The Balaban J connectivity index is 1.64. The first-order chi connectivity index (χ1) is 13.1. The highest BCUT2D eigenvalue weighted by Gasteiger charge is 2.19. The summed E-state index contributed by atoms with van der Waals surface area (Å²) in [5.74, 6) is 0. The highest BCUT2D eigenvalue weighted by molar-refractivity contribution is 8.00. The summed E-state index contributed by atoms with van der Waals surface area (Å²) in [6.45, 7) is 13.1. The van der Waals surface area contributed by atoms with E-state index in [0.717, 1.165) is 45.6 Å². The summed E-state index contributed by atoms with van der Waals surface area (Å²) in [5.41, 5.74) is 1.39. The Morgan fingerprint density at radius 1 is 1.15 bits per heavy atom. The Labute approximate surface area is 168 Å². The summed E-state index contributed by atoms with van der Waals surface area (Å²) in [4.78, 5) is 17.7. The molecule has 1 N–H and O–H groups in total.